The summed E-state index contributed by atoms with van der Waals surface area (Å²) in [5.41, 5.74) is 11.3. The summed E-state index contributed by atoms with van der Waals surface area (Å²) in [7, 11) is 1.56. The topological polar surface area (TPSA) is 86.5 Å². The van der Waals surface area contributed by atoms with E-state index in [1.165, 1.54) is 0 Å². The summed E-state index contributed by atoms with van der Waals surface area (Å²) in [6, 6.07) is 3.67. The van der Waals surface area contributed by atoms with E-state index < -0.39 is 0 Å². The second-order valence-corrected chi connectivity index (χ2v) is 2.41. The van der Waals surface area contributed by atoms with Crippen molar-refractivity contribution in [3.63, 3.8) is 0 Å². The van der Waals surface area contributed by atoms with Gasteiger partial charge in [-0.25, -0.2) is 9.98 Å². The normalized spacial score (nSPS) is 9.31. The van der Waals surface area contributed by atoms with Crippen molar-refractivity contribution in [2.75, 3.05) is 7.11 Å². The van der Waals surface area contributed by atoms with Crippen LogP contribution in [-0.2, 0) is 6.54 Å². The number of hydrogen-bond acceptors (Lipinski definition) is 3. The van der Waals surface area contributed by atoms with Crippen molar-refractivity contribution in [1.29, 1.82) is 0 Å². The molecule has 1 aromatic rings. The van der Waals surface area contributed by atoms with E-state index in [2.05, 4.69) is 9.98 Å². The van der Waals surface area contributed by atoms with Crippen LogP contribution >= 0.6 is 0 Å². The van der Waals surface area contributed by atoms with Crippen LogP contribution in [-0.4, -0.2) is 18.1 Å². The molecule has 0 saturated carbocycles. The molecular formula is C8H12N4O. The summed E-state index contributed by atoms with van der Waals surface area (Å²) in [5.74, 6) is 0.610. The maximum absolute atomic E-state index is 5.20. The minimum absolute atomic E-state index is 0.0610. The maximum atomic E-state index is 5.20. The minimum Gasteiger partial charge on any atom is -0.481 e. The molecular weight excluding hydrogens is 168 g/mol. The van der Waals surface area contributed by atoms with Gasteiger partial charge in [0, 0.05) is 11.8 Å². The Hall–Kier alpha value is -1.78. The van der Waals surface area contributed by atoms with Crippen LogP contribution in [0.2, 0.25) is 0 Å². The fourth-order valence-electron chi connectivity index (χ4n) is 0.905. The molecule has 70 valence electrons. The monoisotopic (exact) mass is 180 g/mol. The molecule has 0 aliphatic heterocycles. The average Bonchev–Trinajstić information content (AvgIpc) is 2.15. The van der Waals surface area contributed by atoms with Crippen molar-refractivity contribution in [2.24, 2.45) is 16.5 Å². The molecule has 0 radical (unpaired) electrons. The molecule has 0 amide bonds. The number of rotatable bonds is 3. The summed E-state index contributed by atoms with van der Waals surface area (Å²) in [4.78, 5) is 7.86. The molecule has 0 spiro atoms. The number of aliphatic imine (C=N–C) groups is 1. The number of pyridine rings is 1. The van der Waals surface area contributed by atoms with Gasteiger partial charge >= 0.3 is 0 Å². The molecule has 0 aliphatic rings. The lowest BCUT2D eigenvalue weighted by atomic mass is 10.3. The molecule has 5 nitrogen and oxygen atoms in total. The van der Waals surface area contributed by atoms with E-state index in [1.54, 1.807) is 19.4 Å². The second kappa shape index (κ2) is 4.30. The van der Waals surface area contributed by atoms with Crippen LogP contribution in [0.1, 0.15) is 5.56 Å². The van der Waals surface area contributed by atoms with Gasteiger partial charge in [-0.15, -0.1) is 0 Å². The zero-order valence-corrected chi connectivity index (χ0v) is 7.40. The van der Waals surface area contributed by atoms with E-state index in [4.69, 9.17) is 16.2 Å². The van der Waals surface area contributed by atoms with Crippen LogP contribution in [0, 0.1) is 0 Å². The Morgan fingerprint density at radius 1 is 1.62 bits per heavy atom. The van der Waals surface area contributed by atoms with E-state index in [1.807, 2.05) is 6.07 Å². The van der Waals surface area contributed by atoms with E-state index in [9.17, 15) is 0 Å². The Bertz CT molecular complexity index is 307. The van der Waals surface area contributed by atoms with Gasteiger partial charge in [0.05, 0.1) is 13.7 Å². The van der Waals surface area contributed by atoms with Crippen LogP contribution in [0.5, 0.6) is 5.88 Å². The molecule has 0 atom stereocenters. The van der Waals surface area contributed by atoms with Crippen molar-refractivity contribution in [3.05, 3.63) is 23.9 Å². The summed E-state index contributed by atoms with van der Waals surface area (Å²) in [6.07, 6.45) is 1.65. The van der Waals surface area contributed by atoms with E-state index in [0.717, 1.165) is 5.56 Å². The van der Waals surface area contributed by atoms with Gasteiger partial charge in [0.2, 0.25) is 5.88 Å². The van der Waals surface area contributed by atoms with Crippen molar-refractivity contribution >= 4 is 5.96 Å². The first-order valence-electron chi connectivity index (χ1n) is 3.77. The van der Waals surface area contributed by atoms with E-state index >= 15 is 0 Å². The summed E-state index contributed by atoms with van der Waals surface area (Å²) in [5, 5.41) is 0. The SMILES string of the molecule is COc1ncccc1CN=C(N)N. The first-order valence-corrected chi connectivity index (χ1v) is 3.77. The molecule has 5 heteroatoms. The number of nitrogens with two attached hydrogens (primary N) is 2. The average molecular weight is 180 g/mol. The van der Waals surface area contributed by atoms with Gasteiger partial charge in [-0.1, -0.05) is 6.07 Å². The third-order valence-electron chi connectivity index (χ3n) is 1.48. The molecule has 1 rings (SSSR count). The highest BCUT2D eigenvalue weighted by atomic mass is 16.5. The molecule has 0 aromatic carbocycles. The van der Waals surface area contributed by atoms with Gasteiger partial charge in [0.1, 0.15) is 0 Å². The quantitative estimate of drug-likeness (QED) is 0.501. The van der Waals surface area contributed by atoms with Crippen molar-refractivity contribution in [2.45, 2.75) is 6.54 Å². The molecule has 4 N–H and O–H groups in total. The summed E-state index contributed by atoms with van der Waals surface area (Å²) >= 11 is 0. The highest BCUT2D eigenvalue weighted by Crippen LogP contribution is 2.13. The molecule has 1 aromatic heterocycles. The molecule has 0 bridgehead atoms. The number of nitrogens with zero attached hydrogens (tertiary/aromatic N) is 2. The summed E-state index contributed by atoms with van der Waals surface area (Å²) in [6.45, 7) is 0.388. The smallest absolute Gasteiger partial charge is 0.218 e. The number of ether oxygens (including phenoxy) is 1. The van der Waals surface area contributed by atoms with Gasteiger partial charge < -0.3 is 16.2 Å². The molecule has 13 heavy (non-hydrogen) atoms. The predicted octanol–water partition coefficient (Wildman–Crippen LogP) is -0.136. The Morgan fingerprint density at radius 3 is 3.00 bits per heavy atom. The van der Waals surface area contributed by atoms with Crippen LogP contribution in [0.4, 0.5) is 0 Å². The van der Waals surface area contributed by atoms with Crippen molar-refractivity contribution in [3.8, 4) is 5.88 Å². The molecule has 0 saturated heterocycles. The number of methoxy groups -OCH3 is 1. The Balaban J connectivity index is 2.81. The molecule has 0 unspecified atom stereocenters. The third kappa shape index (κ3) is 2.62. The van der Waals surface area contributed by atoms with Gasteiger partial charge in [0.15, 0.2) is 5.96 Å². The fourth-order valence-corrected chi connectivity index (χ4v) is 0.905. The van der Waals surface area contributed by atoms with Crippen molar-refractivity contribution in [1.82, 2.24) is 4.98 Å². The standard InChI is InChI=1S/C8H12N4O/c1-13-7-6(3-2-4-11-7)5-12-8(9)10/h2-4H,5H2,1H3,(H4,9,10,12). The summed E-state index contributed by atoms with van der Waals surface area (Å²) < 4.78 is 5.02. The lowest BCUT2D eigenvalue weighted by Crippen LogP contribution is -2.22. The largest absolute Gasteiger partial charge is 0.481 e. The first-order chi connectivity index (χ1) is 6.24. The van der Waals surface area contributed by atoms with Gasteiger partial charge in [-0.2, -0.15) is 0 Å². The highest BCUT2D eigenvalue weighted by Gasteiger charge is 2.00. The van der Waals surface area contributed by atoms with Gasteiger partial charge in [-0.05, 0) is 6.07 Å². The number of guanidine groups is 1. The second-order valence-electron chi connectivity index (χ2n) is 2.41. The highest BCUT2D eigenvalue weighted by molar-refractivity contribution is 5.75. The fraction of sp³-hybridized carbons (Fsp3) is 0.250. The van der Waals surface area contributed by atoms with Gasteiger partial charge in [0.25, 0.3) is 0 Å². The third-order valence-corrected chi connectivity index (χ3v) is 1.48. The van der Waals surface area contributed by atoms with Crippen LogP contribution in [0.15, 0.2) is 23.3 Å². The Labute approximate surface area is 76.4 Å². The predicted molar refractivity (Wildman–Crippen MR) is 50.3 cm³/mol. The molecule has 0 fully saturated rings. The first kappa shape index (κ1) is 9.31. The maximum Gasteiger partial charge on any atom is 0.218 e. The lowest BCUT2D eigenvalue weighted by Gasteiger charge is -2.03. The zero-order chi connectivity index (χ0) is 9.68. The molecule has 0 aliphatic carbocycles. The Kier molecular flexibility index (Phi) is 3.08. The zero-order valence-electron chi connectivity index (χ0n) is 7.40. The van der Waals surface area contributed by atoms with Crippen molar-refractivity contribution < 1.29 is 4.74 Å². The van der Waals surface area contributed by atoms with E-state index in [-0.39, 0.29) is 5.96 Å². The van der Waals surface area contributed by atoms with Gasteiger partial charge in [-0.3, -0.25) is 0 Å². The van der Waals surface area contributed by atoms with Crippen LogP contribution in [0.25, 0.3) is 0 Å². The number of aromatic nitrogens is 1. The molecule has 1 heterocycles. The number of hydrogen-bond donors (Lipinski definition) is 2. The van der Waals surface area contributed by atoms with E-state index in [0.29, 0.717) is 12.4 Å². The lowest BCUT2D eigenvalue weighted by molar-refractivity contribution is 0.392. The van der Waals surface area contributed by atoms with Crippen LogP contribution in [0.3, 0.4) is 0 Å². The Morgan fingerprint density at radius 2 is 2.38 bits per heavy atom. The minimum atomic E-state index is 0.0610. The van der Waals surface area contributed by atoms with Crippen LogP contribution < -0.4 is 16.2 Å².